The number of aromatic nitrogens is 3. The highest BCUT2D eigenvalue weighted by Crippen LogP contribution is 2.32. The molecule has 0 bridgehead atoms. The summed E-state index contributed by atoms with van der Waals surface area (Å²) in [5, 5.41) is 22.6. The molecule has 0 aliphatic heterocycles. The van der Waals surface area contributed by atoms with Gasteiger partial charge in [-0.3, -0.25) is 9.59 Å². The van der Waals surface area contributed by atoms with Gasteiger partial charge in [0, 0.05) is 11.3 Å². The molecule has 0 fully saturated rings. The number of H-pyrrole nitrogens is 1. The number of benzene rings is 3. The summed E-state index contributed by atoms with van der Waals surface area (Å²) in [5.74, 6) is -0.900. The molecule has 168 valence electrons. The Bertz CT molecular complexity index is 1490. The number of carboxylic acids is 1. The van der Waals surface area contributed by atoms with Gasteiger partial charge in [-0.05, 0) is 52.2 Å². The number of furan rings is 1. The summed E-state index contributed by atoms with van der Waals surface area (Å²) in [5.41, 5.74) is 3.52. The molecule has 0 saturated carbocycles. The molecule has 1 amide bonds. The molecule has 0 aliphatic rings. The second kappa shape index (κ2) is 9.24. The Kier molecular flexibility index (Phi) is 5.84. The second-order valence-electron chi connectivity index (χ2n) is 7.49. The lowest BCUT2D eigenvalue weighted by Gasteiger charge is -2.11. The van der Waals surface area contributed by atoms with Gasteiger partial charge in [0.25, 0.3) is 5.91 Å². The molecule has 8 nitrogen and oxygen atoms in total. The summed E-state index contributed by atoms with van der Waals surface area (Å²) in [6.07, 6.45) is 2.82. The largest absolute Gasteiger partial charge is 0.481 e. The number of carboxylic acid groups (broad SMARTS) is 1. The quantitative estimate of drug-likeness (QED) is 0.275. The van der Waals surface area contributed by atoms with E-state index in [1.54, 1.807) is 12.1 Å². The number of nitrogens with zero attached hydrogens (tertiary/aromatic N) is 2. The predicted molar refractivity (Wildman–Crippen MR) is 130 cm³/mol. The number of thioether (sulfide) groups is 1. The smallest absolute Gasteiger partial charge is 0.313 e. The summed E-state index contributed by atoms with van der Waals surface area (Å²) < 4.78 is 5.01. The normalized spacial score (nSPS) is 10.9. The molecule has 2 heterocycles. The molecular weight excluding hydrogens is 452 g/mol. The first kappa shape index (κ1) is 21.5. The molecule has 5 aromatic rings. The van der Waals surface area contributed by atoms with Crippen molar-refractivity contribution in [3.05, 3.63) is 84.8 Å². The van der Waals surface area contributed by atoms with Crippen LogP contribution in [-0.2, 0) is 4.79 Å². The highest BCUT2D eigenvalue weighted by atomic mass is 32.2. The number of aromatic amines is 1. The van der Waals surface area contributed by atoms with Crippen molar-refractivity contribution in [3.8, 4) is 22.5 Å². The lowest BCUT2D eigenvalue weighted by atomic mass is 9.98. The van der Waals surface area contributed by atoms with Gasteiger partial charge >= 0.3 is 5.97 Å². The Morgan fingerprint density at radius 2 is 1.76 bits per heavy atom. The Morgan fingerprint density at radius 3 is 2.56 bits per heavy atom. The van der Waals surface area contributed by atoms with E-state index in [2.05, 4.69) is 38.7 Å². The number of aliphatic carboxylic acids is 1. The number of nitrogens with one attached hydrogen (secondary N) is 2. The van der Waals surface area contributed by atoms with Gasteiger partial charge in [0.05, 0.1) is 17.6 Å². The van der Waals surface area contributed by atoms with Crippen LogP contribution in [0.25, 0.3) is 33.3 Å². The molecule has 0 saturated heterocycles. The molecule has 9 heteroatoms. The minimum Gasteiger partial charge on any atom is -0.481 e. The van der Waals surface area contributed by atoms with Crippen LogP contribution in [0.2, 0.25) is 0 Å². The fourth-order valence-corrected chi connectivity index (χ4v) is 4.07. The van der Waals surface area contributed by atoms with Crippen LogP contribution in [0.15, 0.2) is 88.8 Å². The lowest BCUT2D eigenvalue weighted by Crippen LogP contribution is -2.11. The van der Waals surface area contributed by atoms with Crippen molar-refractivity contribution in [2.24, 2.45) is 0 Å². The molecule has 0 spiro atoms. The van der Waals surface area contributed by atoms with Gasteiger partial charge in [-0.2, -0.15) is 0 Å². The number of hydrogen-bond donors (Lipinski definition) is 3. The molecule has 0 radical (unpaired) electrons. The average molecular weight is 471 g/mol. The summed E-state index contributed by atoms with van der Waals surface area (Å²) in [4.78, 5) is 26.5. The van der Waals surface area contributed by atoms with Crippen molar-refractivity contribution in [1.29, 1.82) is 0 Å². The van der Waals surface area contributed by atoms with E-state index in [1.165, 1.54) is 12.5 Å². The Morgan fingerprint density at radius 1 is 0.941 bits per heavy atom. The zero-order valence-electron chi connectivity index (χ0n) is 17.7. The van der Waals surface area contributed by atoms with Crippen LogP contribution in [0.3, 0.4) is 0 Å². The zero-order valence-corrected chi connectivity index (χ0v) is 18.5. The van der Waals surface area contributed by atoms with E-state index in [4.69, 9.17) is 9.52 Å². The van der Waals surface area contributed by atoms with Crippen LogP contribution in [0.4, 0.5) is 5.69 Å². The highest BCUT2D eigenvalue weighted by Gasteiger charge is 2.14. The number of carbonyl (C=O) groups excluding carboxylic acids is 1. The van der Waals surface area contributed by atoms with Crippen molar-refractivity contribution >= 4 is 40.1 Å². The van der Waals surface area contributed by atoms with Crippen LogP contribution < -0.4 is 5.32 Å². The number of anilines is 1. The Balaban J connectivity index is 1.54. The highest BCUT2D eigenvalue weighted by molar-refractivity contribution is 7.99. The molecule has 3 N–H and O–H groups in total. The van der Waals surface area contributed by atoms with Crippen molar-refractivity contribution in [1.82, 2.24) is 15.2 Å². The van der Waals surface area contributed by atoms with E-state index in [0.29, 0.717) is 27.8 Å². The molecule has 2 aromatic heterocycles. The molecule has 0 unspecified atom stereocenters. The molecule has 0 aliphatic carbocycles. The standard InChI is InChI=1S/C25H18N4O4S/c30-22(31)14-34-25-27-23(28-29-25)20-10-19(17-6-5-15-3-1-2-4-16(15)9-17)11-21(12-20)26-24(32)18-7-8-33-13-18/h1-13H,14H2,(H,26,32)(H,30,31)(H,27,28,29). The van der Waals surface area contributed by atoms with Gasteiger partial charge in [0.15, 0.2) is 11.0 Å². The summed E-state index contributed by atoms with van der Waals surface area (Å²) in [6, 6.07) is 21.5. The third kappa shape index (κ3) is 4.69. The number of fused-ring (bicyclic) bond motifs is 1. The minimum absolute atomic E-state index is 0.127. The fraction of sp³-hybridized carbons (Fsp3) is 0.0400. The van der Waals surface area contributed by atoms with E-state index in [-0.39, 0.29) is 11.7 Å². The first-order chi connectivity index (χ1) is 16.5. The molecule has 5 rings (SSSR count). The van der Waals surface area contributed by atoms with Crippen molar-refractivity contribution in [2.45, 2.75) is 5.16 Å². The van der Waals surface area contributed by atoms with Crippen LogP contribution in [-0.4, -0.2) is 37.9 Å². The van der Waals surface area contributed by atoms with Gasteiger partial charge in [-0.15, -0.1) is 10.2 Å². The zero-order chi connectivity index (χ0) is 23.5. The Labute approximate surface area is 198 Å². The van der Waals surface area contributed by atoms with Crippen molar-refractivity contribution in [2.75, 3.05) is 11.1 Å². The van der Waals surface area contributed by atoms with Gasteiger partial charge in [0.1, 0.15) is 6.26 Å². The maximum absolute atomic E-state index is 12.6. The number of hydrogen-bond acceptors (Lipinski definition) is 6. The minimum atomic E-state index is -0.939. The monoisotopic (exact) mass is 470 g/mol. The summed E-state index contributed by atoms with van der Waals surface area (Å²) >= 11 is 1.05. The maximum atomic E-state index is 12.6. The van der Waals surface area contributed by atoms with Gasteiger partial charge in [-0.1, -0.05) is 48.2 Å². The molecule has 0 atom stereocenters. The summed E-state index contributed by atoms with van der Waals surface area (Å²) in [6.45, 7) is 0. The lowest BCUT2D eigenvalue weighted by molar-refractivity contribution is -0.133. The van der Waals surface area contributed by atoms with E-state index in [9.17, 15) is 9.59 Å². The molecule has 3 aromatic carbocycles. The summed E-state index contributed by atoms with van der Waals surface area (Å²) in [7, 11) is 0. The van der Waals surface area contributed by atoms with Crippen LogP contribution in [0, 0.1) is 0 Å². The third-order valence-corrected chi connectivity index (χ3v) is 5.98. The number of rotatable bonds is 7. The molecular formula is C25H18N4O4S. The second-order valence-corrected chi connectivity index (χ2v) is 8.45. The molecule has 34 heavy (non-hydrogen) atoms. The topological polar surface area (TPSA) is 121 Å². The first-order valence-corrected chi connectivity index (χ1v) is 11.3. The van der Waals surface area contributed by atoms with Gasteiger partial charge < -0.3 is 19.8 Å². The van der Waals surface area contributed by atoms with Gasteiger partial charge in [0.2, 0.25) is 0 Å². The first-order valence-electron chi connectivity index (χ1n) is 10.3. The van der Waals surface area contributed by atoms with Crippen LogP contribution >= 0.6 is 11.8 Å². The fourth-order valence-electron chi connectivity index (χ4n) is 3.54. The van der Waals surface area contributed by atoms with Crippen molar-refractivity contribution < 1.29 is 19.1 Å². The van der Waals surface area contributed by atoms with Crippen molar-refractivity contribution in [3.63, 3.8) is 0 Å². The van der Waals surface area contributed by atoms with Gasteiger partial charge in [-0.25, -0.2) is 0 Å². The van der Waals surface area contributed by atoms with E-state index < -0.39 is 5.97 Å². The average Bonchev–Trinajstić information content (AvgIpc) is 3.55. The van der Waals surface area contributed by atoms with E-state index in [1.807, 2.05) is 36.4 Å². The Hall–Kier alpha value is -4.37. The third-order valence-electron chi connectivity index (χ3n) is 5.13. The number of amides is 1. The van der Waals surface area contributed by atoms with Crippen LogP contribution in [0.1, 0.15) is 10.4 Å². The van der Waals surface area contributed by atoms with E-state index >= 15 is 0 Å². The number of carbonyl (C=O) groups is 2. The predicted octanol–water partition coefficient (Wildman–Crippen LogP) is 5.31. The van der Waals surface area contributed by atoms with Crippen LogP contribution in [0.5, 0.6) is 0 Å². The maximum Gasteiger partial charge on any atom is 0.313 e. The SMILES string of the molecule is O=C(O)CSc1nnc(-c2cc(NC(=O)c3ccoc3)cc(-c3ccc4ccccc4c3)c2)[nH]1. The van der Waals surface area contributed by atoms with E-state index in [0.717, 1.165) is 33.7 Å².